The number of carbonyl (C=O) groups is 1. The molecule has 4 nitrogen and oxygen atoms in total. The lowest BCUT2D eigenvalue weighted by atomic mass is 9.93. The molecular weight excluding hydrogens is 190 g/mol. The minimum Gasteiger partial charge on any atom is -0.335 e. The Morgan fingerprint density at radius 3 is 2.67 bits per heavy atom. The van der Waals surface area contributed by atoms with Crippen molar-refractivity contribution in [2.75, 3.05) is 11.9 Å². The first kappa shape index (κ1) is 9.96. The number of amides is 2. The van der Waals surface area contributed by atoms with Crippen LogP contribution in [-0.4, -0.2) is 24.1 Å². The lowest BCUT2D eigenvalue weighted by Crippen LogP contribution is -2.46. The molecule has 0 atom stereocenters. The molecule has 1 aliphatic carbocycles. The molecule has 1 heterocycles. The summed E-state index contributed by atoms with van der Waals surface area (Å²) >= 11 is 0. The maximum absolute atomic E-state index is 11.7. The van der Waals surface area contributed by atoms with Crippen molar-refractivity contribution < 1.29 is 4.79 Å². The fourth-order valence-electron chi connectivity index (χ4n) is 1.51. The number of aromatic nitrogens is 1. The fraction of sp³-hybridized carbons (Fsp3) is 0.455. The highest BCUT2D eigenvalue weighted by atomic mass is 16.2. The van der Waals surface area contributed by atoms with Gasteiger partial charge in [-0.1, -0.05) is 0 Å². The van der Waals surface area contributed by atoms with E-state index in [1.54, 1.807) is 24.3 Å². The summed E-state index contributed by atoms with van der Waals surface area (Å²) < 4.78 is 0. The number of anilines is 1. The molecule has 0 saturated heterocycles. The predicted octanol–water partition coefficient (Wildman–Crippen LogP) is 1.78. The largest absolute Gasteiger partial charge is 0.335 e. The van der Waals surface area contributed by atoms with Gasteiger partial charge in [-0.15, -0.1) is 0 Å². The predicted molar refractivity (Wildman–Crippen MR) is 58.8 cm³/mol. The summed E-state index contributed by atoms with van der Waals surface area (Å²) in [5.41, 5.74) is 0.863. The summed E-state index contributed by atoms with van der Waals surface area (Å²) in [6.07, 6.45) is 6.81. The van der Waals surface area contributed by atoms with E-state index in [0.717, 1.165) is 18.5 Å². The Labute approximate surface area is 89.3 Å². The van der Waals surface area contributed by atoms with Gasteiger partial charge in [0.15, 0.2) is 0 Å². The first-order valence-electron chi connectivity index (χ1n) is 5.21. The minimum atomic E-state index is -0.0362. The van der Waals surface area contributed by atoms with Gasteiger partial charge in [0.05, 0.1) is 0 Å². The van der Waals surface area contributed by atoms with Crippen LogP contribution in [-0.2, 0) is 0 Å². The number of nitrogens with one attached hydrogen (secondary N) is 1. The molecule has 80 valence electrons. The maximum Gasteiger partial charge on any atom is 0.321 e. The van der Waals surface area contributed by atoms with Gasteiger partial charge in [0.1, 0.15) is 0 Å². The molecule has 15 heavy (non-hydrogen) atoms. The van der Waals surface area contributed by atoms with Gasteiger partial charge in [0, 0.05) is 31.2 Å². The molecule has 2 amide bonds. The normalized spacial score (nSPS) is 15.5. The molecule has 1 aromatic heterocycles. The minimum absolute atomic E-state index is 0.0362. The third-order valence-electron chi connectivity index (χ3n) is 2.79. The number of hydrogen-bond donors (Lipinski definition) is 1. The van der Waals surface area contributed by atoms with Crippen molar-refractivity contribution in [3.8, 4) is 0 Å². The van der Waals surface area contributed by atoms with Crippen LogP contribution in [0.15, 0.2) is 24.5 Å². The molecule has 2 rings (SSSR count). The summed E-state index contributed by atoms with van der Waals surface area (Å²) in [6, 6.07) is 3.98. The smallest absolute Gasteiger partial charge is 0.321 e. The second-order valence-corrected chi connectivity index (χ2v) is 3.84. The fourth-order valence-corrected chi connectivity index (χ4v) is 1.51. The molecule has 0 radical (unpaired) electrons. The van der Waals surface area contributed by atoms with Gasteiger partial charge >= 0.3 is 6.03 Å². The van der Waals surface area contributed by atoms with E-state index >= 15 is 0 Å². The van der Waals surface area contributed by atoms with Gasteiger partial charge in [-0.3, -0.25) is 9.88 Å². The highest BCUT2D eigenvalue weighted by Crippen LogP contribution is 2.19. The maximum atomic E-state index is 11.7. The molecule has 0 aliphatic heterocycles. The van der Waals surface area contributed by atoms with Gasteiger partial charge in [-0.25, -0.2) is 4.79 Å². The second-order valence-electron chi connectivity index (χ2n) is 3.84. The van der Waals surface area contributed by atoms with Crippen LogP contribution in [0, 0.1) is 0 Å². The van der Waals surface area contributed by atoms with Crippen molar-refractivity contribution in [2.24, 2.45) is 0 Å². The molecule has 0 bridgehead atoms. The van der Waals surface area contributed by atoms with E-state index < -0.39 is 0 Å². The molecule has 1 aliphatic rings. The van der Waals surface area contributed by atoms with Crippen LogP contribution in [0.1, 0.15) is 19.3 Å². The molecule has 1 fully saturated rings. The SMILES string of the molecule is CN(C(=O)NC1CCC1)c1ccncc1. The highest BCUT2D eigenvalue weighted by Gasteiger charge is 2.21. The number of hydrogen-bond acceptors (Lipinski definition) is 2. The molecule has 1 saturated carbocycles. The zero-order valence-electron chi connectivity index (χ0n) is 8.81. The van der Waals surface area contributed by atoms with Crippen molar-refractivity contribution in [1.29, 1.82) is 0 Å². The van der Waals surface area contributed by atoms with Crippen LogP contribution in [0.5, 0.6) is 0 Å². The number of nitrogens with zero attached hydrogens (tertiary/aromatic N) is 2. The summed E-state index contributed by atoms with van der Waals surface area (Å²) in [4.78, 5) is 17.3. The number of pyridine rings is 1. The van der Waals surface area contributed by atoms with Crippen LogP contribution in [0.25, 0.3) is 0 Å². The van der Waals surface area contributed by atoms with Gasteiger partial charge in [-0.05, 0) is 31.4 Å². The van der Waals surface area contributed by atoms with Crippen molar-refractivity contribution in [3.05, 3.63) is 24.5 Å². The standard InChI is InChI=1S/C11H15N3O/c1-14(10-5-7-12-8-6-10)11(15)13-9-3-2-4-9/h5-9H,2-4H2,1H3,(H,13,15). The average molecular weight is 205 g/mol. The lowest BCUT2D eigenvalue weighted by molar-refractivity contribution is 0.235. The van der Waals surface area contributed by atoms with E-state index in [4.69, 9.17) is 0 Å². The van der Waals surface area contributed by atoms with E-state index in [0.29, 0.717) is 6.04 Å². The van der Waals surface area contributed by atoms with Gasteiger partial charge in [0.25, 0.3) is 0 Å². The second kappa shape index (κ2) is 4.29. The summed E-state index contributed by atoms with van der Waals surface area (Å²) in [6.45, 7) is 0. The van der Waals surface area contributed by atoms with Crippen LogP contribution in [0.3, 0.4) is 0 Å². The summed E-state index contributed by atoms with van der Waals surface area (Å²) in [5, 5.41) is 2.98. The van der Waals surface area contributed by atoms with Crippen LogP contribution in [0.4, 0.5) is 10.5 Å². The molecule has 0 aromatic carbocycles. The number of carbonyl (C=O) groups excluding carboxylic acids is 1. The van der Waals surface area contributed by atoms with E-state index in [-0.39, 0.29) is 6.03 Å². The first-order chi connectivity index (χ1) is 7.27. The first-order valence-corrected chi connectivity index (χ1v) is 5.21. The molecule has 0 spiro atoms. The molecule has 1 aromatic rings. The topological polar surface area (TPSA) is 45.2 Å². The van der Waals surface area contributed by atoms with Crippen LogP contribution >= 0.6 is 0 Å². The summed E-state index contributed by atoms with van der Waals surface area (Å²) in [5.74, 6) is 0. The monoisotopic (exact) mass is 205 g/mol. The molecule has 4 heteroatoms. The Morgan fingerprint density at radius 2 is 2.13 bits per heavy atom. The Bertz CT molecular complexity index is 335. The molecule has 0 unspecified atom stereocenters. The molecular formula is C11H15N3O. The number of urea groups is 1. The Morgan fingerprint density at radius 1 is 1.47 bits per heavy atom. The quantitative estimate of drug-likeness (QED) is 0.799. The highest BCUT2D eigenvalue weighted by molar-refractivity contribution is 5.91. The third-order valence-corrected chi connectivity index (χ3v) is 2.79. The zero-order chi connectivity index (χ0) is 10.7. The Balaban J connectivity index is 1.94. The zero-order valence-corrected chi connectivity index (χ0v) is 8.81. The lowest BCUT2D eigenvalue weighted by Gasteiger charge is -2.29. The Kier molecular flexibility index (Phi) is 2.85. The average Bonchev–Trinajstić information content (AvgIpc) is 2.23. The van der Waals surface area contributed by atoms with Gasteiger partial charge in [-0.2, -0.15) is 0 Å². The van der Waals surface area contributed by atoms with E-state index in [2.05, 4.69) is 10.3 Å². The van der Waals surface area contributed by atoms with Crippen LogP contribution in [0.2, 0.25) is 0 Å². The van der Waals surface area contributed by atoms with Gasteiger partial charge in [0.2, 0.25) is 0 Å². The van der Waals surface area contributed by atoms with Crippen molar-refractivity contribution in [2.45, 2.75) is 25.3 Å². The van der Waals surface area contributed by atoms with E-state index in [1.165, 1.54) is 6.42 Å². The van der Waals surface area contributed by atoms with E-state index in [1.807, 2.05) is 12.1 Å². The van der Waals surface area contributed by atoms with Gasteiger partial charge < -0.3 is 5.32 Å². The van der Waals surface area contributed by atoms with Crippen LogP contribution < -0.4 is 10.2 Å². The Hall–Kier alpha value is -1.58. The van der Waals surface area contributed by atoms with Crippen molar-refractivity contribution in [1.82, 2.24) is 10.3 Å². The van der Waals surface area contributed by atoms with E-state index in [9.17, 15) is 4.79 Å². The summed E-state index contributed by atoms with van der Waals surface area (Å²) in [7, 11) is 1.77. The van der Waals surface area contributed by atoms with Crippen molar-refractivity contribution in [3.63, 3.8) is 0 Å². The molecule has 1 N–H and O–H groups in total. The van der Waals surface area contributed by atoms with Crippen molar-refractivity contribution >= 4 is 11.7 Å². The third kappa shape index (κ3) is 2.26. The number of rotatable bonds is 2.